The lowest BCUT2D eigenvalue weighted by molar-refractivity contribution is 0.148. The Morgan fingerprint density at radius 2 is 1.90 bits per heavy atom. The molecule has 2 saturated heterocycles. The van der Waals surface area contributed by atoms with Gasteiger partial charge in [-0.25, -0.2) is 4.98 Å². The minimum Gasteiger partial charge on any atom is -0.303 e. The smallest absolute Gasteiger partial charge is 0.0926 e. The molecule has 0 spiro atoms. The number of likely N-dealkylation sites (tertiary alicyclic amines) is 2. The maximum Gasteiger partial charge on any atom is 0.0926 e. The molecule has 0 saturated carbocycles. The molecule has 0 aliphatic carbocycles. The van der Waals surface area contributed by atoms with E-state index in [2.05, 4.69) is 22.1 Å². The number of thiazole rings is 1. The van der Waals surface area contributed by atoms with Gasteiger partial charge in [0.05, 0.1) is 10.7 Å². The SMILES string of the molecule is CCc1nc(CN2CCC(CN3CCCC3)CC2)cs1. The quantitative estimate of drug-likeness (QED) is 0.832. The molecule has 0 bridgehead atoms. The van der Waals surface area contributed by atoms with E-state index < -0.39 is 0 Å². The number of piperidine rings is 1. The summed E-state index contributed by atoms with van der Waals surface area (Å²) < 4.78 is 0. The van der Waals surface area contributed by atoms with Gasteiger partial charge in [0.1, 0.15) is 0 Å². The van der Waals surface area contributed by atoms with E-state index >= 15 is 0 Å². The molecule has 0 atom stereocenters. The first kappa shape index (κ1) is 14.5. The van der Waals surface area contributed by atoms with Gasteiger partial charge in [0.25, 0.3) is 0 Å². The van der Waals surface area contributed by atoms with Crippen LogP contribution < -0.4 is 0 Å². The summed E-state index contributed by atoms with van der Waals surface area (Å²) in [4.78, 5) is 9.96. The van der Waals surface area contributed by atoms with Gasteiger partial charge in [0, 0.05) is 18.5 Å². The standard InChI is InChI=1S/C16H27N3S/c1-2-16-17-15(13-20-16)12-19-9-5-14(6-10-19)11-18-7-3-4-8-18/h13-14H,2-12H2,1H3. The molecule has 0 unspecified atom stereocenters. The third kappa shape index (κ3) is 3.80. The molecular weight excluding hydrogens is 266 g/mol. The maximum atomic E-state index is 4.69. The van der Waals surface area contributed by atoms with Crippen LogP contribution in [0.15, 0.2) is 5.38 Å². The van der Waals surface area contributed by atoms with Gasteiger partial charge in [-0.1, -0.05) is 6.92 Å². The topological polar surface area (TPSA) is 19.4 Å². The Kier molecular flexibility index (Phi) is 5.08. The predicted octanol–water partition coefficient (Wildman–Crippen LogP) is 3.01. The molecule has 1 aromatic rings. The summed E-state index contributed by atoms with van der Waals surface area (Å²) in [5.41, 5.74) is 1.28. The van der Waals surface area contributed by atoms with Crippen LogP contribution in [0.3, 0.4) is 0 Å². The largest absolute Gasteiger partial charge is 0.303 e. The number of hydrogen-bond acceptors (Lipinski definition) is 4. The summed E-state index contributed by atoms with van der Waals surface area (Å²) in [5.74, 6) is 0.936. The molecule has 0 N–H and O–H groups in total. The molecule has 112 valence electrons. The highest BCUT2D eigenvalue weighted by atomic mass is 32.1. The van der Waals surface area contributed by atoms with Crippen LogP contribution in [-0.2, 0) is 13.0 Å². The van der Waals surface area contributed by atoms with Crippen molar-refractivity contribution in [2.75, 3.05) is 32.7 Å². The van der Waals surface area contributed by atoms with Crippen LogP contribution in [0.5, 0.6) is 0 Å². The molecular formula is C16H27N3S. The Morgan fingerprint density at radius 3 is 2.55 bits per heavy atom. The Labute approximate surface area is 127 Å². The second-order valence-corrected chi connectivity index (χ2v) is 7.26. The van der Waals surface area contributed by atoms with Crippen molar-refractivity contribution in [2.45, 2.75) is 45.6 Å². The molecule has 0 radical (unpaired) electrons. The first-order valence-corrected chi connectivity index (χ1v) is 9.09. The second kappa shape index (κ2) is 7.01. The molecule has 2 fully saturated rings. The first-order chi connectivity index (χ1) is 9.83. The van der Waals surface area contributed by atoms with E-state index in [-0.39, 0.29) is 0 Å². The van der Waals surface area contributed by atoms with E-state index in [1.54, 1.807) is 0 Å². The highest BCUT2D eigenvalue weighted by Gasteiger charge is 2.23. The van der Waals surface area contributed by atoms with Crippen molar-refractivity contribution < 1.29 is 0 Å². The normalized spacial score (nSPS) is 22.6. The summed E-state index contributed by atoms with van der Waals surface area (Å²) >= 11 is 1.82. The Balaban J connectivity index is 1.41. The number of nitrogens with zero attached hydrogens (tertiary/aromatic N) is 3. The zero-order chi connectivity index (χ0) is 13.8. The van der Waals surface area contributed by atoms with E-state index in [0.717, 1.165) is 18.9 Å². The molecule has 3 nitrogen and oxygen atoms in total. The van der Waals surface area contributed by atoms with Crippen molar-refractivity contribution in [3.05, 3.63) is 16.1 Å². The molecule has 3 heterocycles. The van der Waals surface area contributed by atoms with Crippen molar-refractivity contribution in [2.24, 2.45) is 5.92 Å². The van der Waals surface area contributed by atoms with Crippen molar-refractivity contribution in [1.29, 1.82) is 0 Å². The zero-order valence-corrected chi connectivity index (χ0v) is 13.5. The fourth-order valence-electron chi connectivity index (χ4n) is 3.47. The number of aryl methyl sites for hydroxylation is 1. The number of rotatable bonds is 5. The van der Waals surface area contributed by atoms with Crippen molar-refractivity contribution in [1.82, 2.24) is 14.8 Å². The lowest BCUT2D eigenvalue weighted by Crippen LogP contribution is -2.37. The lowest BCUT2D eigenvalue weighted by Gasteiger charge is -2.33. The maximum absolute atomic E-state index is 4.69. The van der Waals surface area contributed by atoms with E-state index in [4.69, 9.17) is 4.98 Å². The minimum absolute atomic E-state index is 0.936. The summed E-state index contributed by atoms with van der Waals surface area (Å²) in [5, 5.41) is 3.53. The zero-order valence-electron chi connectivity index (χ0n) is 12.7. The van der Waals surface area contributed by atoms with Gasteiger partial charge in [0.15, 0.2) is 0 Å². The molecule has 3 rings (SSSR count). The van der Waals surface area contributed by atoms with E-state index in [0.29, 0.717) is 0 Å². The highest BCUT2D eigenvalue weighted by molar-refractivity contribution is 7.09. The van der Waals surface area contributed by atoms with Gasteiger partial charge >= 0.3 is 0 Å². The average molecular weight is 293 g/mol. The monoisotopic (exact) mass is 293 g/mol. The van der Waals surface area contributed by atoms with Crippen LogP contribution in [0, 0.1) is 5.92 Å². The second-order valence-electron chi connectivity index (χ2n) is 6.31. The molecule has 0 amide bonds. The fourth-order valence-corrected chi connectivity index (χ4v) is 4.21. The Morgan fingerprint density at radius 1 is 1.15 bits per heavy atom. The Bertz CT molecular complexity index is 404. The van der Waals surface area contributed by atoms with Gasteiger partial charge < -0.3 is 4.90 Å². The summed E-state index contributed by atoms with van der Waals surface area (Å²) in [6, 6.07) is 0. The minimum atomic E-state index is 0.936. The molecule has 2 aliphatic rings. The third-order valence-electron chi connectivity index (χ3n) is 4.71. The number of aromatic nitrogens is 1. The van der Waals surface area contributed by atoms with Gasteiger partial charge in [-0.3, -0.25) is 4.90 Å². The van der Waals surface area contributed by atoms with Crippen molar-refractivity contribution in [3.8, 4) is 0 Å². The molecule has 0 aromatic carbocycles. The van der Waals surface area contributed by atoms with Crippen LogP contribution in [0.4, 0.5) is 0 Å². The van der Waals surface area contributed by atoms with Crippen LogP contribution in [0.2, 0.25) is 0 Å². The van der Waals surface area contributed by atoms with Gasteiger partial charge in [-0.15, -0.1) is 11.3 Å². The van der Waals surface area contributed by atoms with Crippen molar-refractivity contribution >= 4 is 11.3 Å². The molecule has 2 aliphatic heterocycles. The van der Waals surface area contributed by atoms with Crippen molar-refractivity contribution in [3.63, 3.8) is 0 Å². The highest BCUT2D eigenvalue weighted by Crippen LogP contribution is 2.22. The molecule has 1 aromatic heterocycles. The van der Waals surface area contributed by atoms with Crippen LogP contribution in [-0.4, -0.2) is 47.5 Å². The average Bonchev–Trinajstić information content (AvgIpc) is 3.12. The summed E-state index contributed by atoms with van der Waals surface area (Å²) in [6.07, 6.45) is 6.66. The lowest BCUT2D eigenvalue weighted by atomic mass is 9.96. The van der Waals surface area contributed by atoms with Crippen LogP contribution >= 0.6 is 11.3 Å². The summed E-state index contributed by atoms with van der Waals surface area (Å²) in [6.45, 7) is 9.82. The first-order valence-electron chi connectivity index (χ1n) is 8.21. The molecule has 20 heavy (non-hydrogen) atoms. The van der Waals surface area contributed by atoms with Crippen LogP contribution in [0.1, 0.15) is 43.3 Å². The number of hydrogen-bond donors (Lipinski definition) is 0. The third-order valence-corrected chi connectivity index (χ3v) is 5.75. The van der Waals surface area contributed by atoms with E-state index in [1.807, 2.05) is 11.3 Å². The predicted molar refractivity (Wildman–Crippen MR) is 85.2 cm³/mol. The van der Waals surface area contributed by atoms with Crippen LogP contribution in [0.25, 0.3) is 0 Å². The van der Waals surface area contributed by atoms with E-state index in [1.165, 1.54) is 69.1 Å². The van der Waals surface area contributed by atoms with Gasteiger partial charge in [0.2, 0.25) is 0 Å². The fraction of sp³-hybridized carbons (Fsp3) is 0.812. The molecule has 4 heteroatoms. The summed E-state index contributed by atoms with van der Waals surface area (Å²) in [7, 11) is 0. The van der Waals surface area contributed by atoms with Gasteiger partial charge in [-0.2, -0.15) is 0 Å². The van der Waals surface area contributed by atoms with Gasteiger partial charge in [-0.05, 0) is 64.2 Å². The Hall–Kier alpha value is -0.450. The van der Waals surface area contributed by atoms with E-state index in [9.17, 15) is 0 Å².